The molecule has 0 saturated heterocycles. The number of carbonyl (C=O) groups excluding carboxylic acids is 2. The average molecular weight is 765 g/mol. The molecule has 0 bridgehead atoms. The van der Waals surface area contributed by atoms with Crippen LogP contribution in [0.5, 0.6) is 23.0 Å². The van der Waals surface area contributed by atoms with Crippen molar-refractivity contribution in [2.24, 2.45) is 5.10 Å². The van der Waals surface area contributed by atoms with Crippen LogP contribution in [0.3, 0.4) is 0 Å². The molecule has 4 rings (SSSR count). The largest absolute Gasteiger partial charge is 0.493 e. The fourth-order valence-corrected chi connectivity index (χ4v) is 5.42. The lowest BCUT2D eigenvalue weighted by Gasteiger charge is -2.28. The molecule has 12 nitrogen and oxygen atoms in total. The summed E-state index contributed by atoms with van der Waals surface area (Å²) in [5.41, 5.74) is 5.39. The van der Waals surface area contributed by atoms with Crippen molar-refractivity contribution in [2.45, 2.75) is 32.7 Å². The molecule has 2 atom stereocenters. The van der Waals surface area contributed by atoms with Crippen molar-refractivity contribution in [1.82, 2.24) is 16.1 Å². The van der Waals surface area contributed by atoms with Crippen molar-refractivity contribution in [3.8, 4) is 23.0 Å². The van der Waals surface area contributed by atoms with Crippen LogP contribution in [0, 0.1) is 3.57 Å². The topological polar surface area (TPSA) is 149 Å². The molecule has 1 aliphatic rings. The number of halogens is 2. The number of nitrogens with zero attached hydrogens (tertiary/aromatic N) is 1. The van der Waals surface area contributed by atoms with Gasteiger partial charge in [0, 0.05) is 19.9 Å². The standard InChI is InChI=1S/C32H34ClIN4O8/c1-5-44-25-13-20(29-28(31(40)43-4)18(2)36-32(41)37-29)9-10-24(25)45-17-27(39)38-35-15-21-12-23(34)14-26(42-3)30(21)46-16-19-7-6-8-22(33)11-19/h6-15,27,29,38-39H,5,16-17H2,1-4H3,(H2,36,37,41)/b35-15+/t27-,29+/m1/s1. The molecule has 0 fully saturated rings. The average Bonchev–Trinajstić information content (AvgIpc) is 3.02. The summed E-state index contributed by atoms with van der Waals surface area (Å²) >= 11 is 8.28. The third-order valence-corrected chi connectivity index (χ3v) is 7.50. The summed E-state index contributed by atoms with van der Waals surface area (Å²) in [5, 5.41) is 20.7. The van der Waals surface area contributed by atoms with Gasteiger partial charge in [0.1, 0.15) is 13.2 Å². The second-order valence-corrected chi connectivity index (χ2v) is 11.5. The van der Waals surface area contributed by atoms with Gasteiger partial charge in [0.2, 0.25) is 0 Å². The Bertz CT molecular complexity index is 1630. The lowest BCUT2D eigenvalue weighted by Crippen LogP contribution is -2.45. The van der Waals surface area contributed by atoms with Crippen LogP contribution >= 0.6 is 34.2 Å². The molecule has 0 spiro atoms. The fraction of sp³-hybridized carbons (Fsp3) is 0.281. The van der Waals surface area contributed by atoms with E-state index in [4.69, 9.17) is 35.3 Å². The number of amides is 2. The normalized spacial score (nSPS) is 15.1. The summed E-state index contributed by atoms with van der Waals surface area (Å²) in [5.74, 6) is 1.13. The van der Waals surface area contributed by atoms with Gasteiger partial charge in [0.25, 0.3) is 0 Å². The molecule has 2 amide bonds. The van der Waals surface area contributed by atoms with Gasteiger partial charge in [-0.1, -0.05) is 29.8 Å². The number of hydrogen-bond acceptors (Lipinski definition) is 10. The molecule has 4 N–H and O–H groups in total. The minimum Gasteiger partial charge on any atom is -0.493 e. The zero-order chi connectivity index (χ0) is 33.2. The Morgan fingerprint density at radius 3 is 2.63 bits per heavy atom. The van der Waals surface area contributed by atoms with Gasteiger partial charge in [-0.25, -0.2) is 9.59 Å². The maximum Gasteiger partial charge on any atom is 0.337 e. The first-order valence-corrected chi connectivity index (χ1v) is 15.6. The highest BCUT2D eigenvalue weighted by molar-refractivity contribution is 14.1. The van der Waals surface area contributed by atoms with Crippen LogP contribution in [0.4, 0.5) is 4.79 Å². The van der Waals surface area contributed by atoms with Gasteiger partial charge < -0.3 is 39.4 Å². The number of hydrogen-bond donors (Lipinski definition) is 4. The molecule has 3 aromatic carbocycles. The first kappa shape index (κ1) is 34.7. The number of esters is 1. The Kier molecular flexibility index (Phi) is 12.3. The second kappa shape index (κ2) is 16.4. The number of aliphatic hydroxyl groups excluding tert-OH is 1. The number of rotatable bonds is 14. The van der Waals surface area contributed by atoms with Crippen LogP contribution in [0.1, 0.15) is 36.6 Å². The van der Waals surface area contributed by atoms with Crippen molar-refractivity contribution in [3.63, 3.8) is 0 Å². The highest BCUT2D eigenvalue weighted by Crippen LogP contribution is 2.35. The smallest absolute Gasteiger partial charge is 0.337 e. The van der Waals surface area contributed by atoms with Crippen LogP contribution in [0.15, 0.2) is 71.0 Å². The minimum absolute atomic E-state index is 0.180. The van der Waals surface area contributed by atoms with E-state index in [1.165, 1.54) is 13.3 Å². The van der Waals surface area contributed by atoms with Gasteiger partial charge in [-0.15, -0.1) is 0 Å². The van der Waals surface area contributed by atoms with E-state index < -0.39 is 24.3 Å². The molecule has 0 aromatic heterocycles. The van der Waals surface area contributed by atoms with E-state index in [0.717, 1.165) is 9.13 Å². The molecule has 244 valence electrons. The maximum absolute atomic E-state index is 12.5. The van der Waals surface area contributed by atoms with Gasteiger partial charge in [0.15, 0.2) is 29.2 Å². The Labute approximate surface area is 285 Å². The molecule has 14 heteroatoms. The van der Waals surface area contributed by atoms with Crippen molar-refractivity contribution in [1.29, 1.82) is 0 Å². The maximum atomic E-state index is 12.5. The van der Waals surface area contributed by atoms with Gasteiger partial charge in [-0.3, -0.25) is 5.43 Å². The van der Waals surface area contributed by atoms with Gasteiger partial charge in [0.05, 0.1) is 38.7 Å². The van der Waals surface area contributed by atoms with E-state index in [0.29, 0.717) is 51.5 Å². The lowest BCUT2D eigenvalue weighted by molar-refractivity contribution is -0.136. The van der Waals surface area contributed by atoms with Gasteiger partial charge >= 0.3 is 12.0 Å². The highest BCUT2D eigenvalue weighted by atomic mass is 127. The van der Waals surface area contributed by atoms with E-state index >= 15 is 0 Å². The second-order valence-electron chi connectivity index (χ2n) is 9.86. The molecule has 46 heavy (non-hydrogen) atoms. The number of ether oxygens (including phenoxy) is 5. The van der Waals surface area contributed by atoms with Crippen molar-refractivity contribution in [3.05, 3.63) is 91.2 Å². The SMILES string of the molecule is CCOc1cc([C@@H]2NC(=O)NC(C)=C2C(=O)OC)ccc1OC[C@@H](O)N/N=C/c1cc(I)cc(OC)c1OCc1cccc(Cl)c1. The molecule has 3 aromatic rings. The zero-order valence-electron chi connectivity index (χ0n) is 25.6. The summed E-state index contributed by atoms with van der Waals surface area (Å²) in [7, 11) is 2.83. The van der Waals surface area contributed by atoms with E-state index in [9.17, 15) is 14.7 Å². The van der Waals surface area contributed by atoms with E-state index in [1.807, 2.05) is 37.3 Å². The number of aliphatic hydroxyl groups is 1. The monoisotopic (exact) mass is 764 g/mol. The van der Waals surface area contributed by atoms with Crippen LogP contribution in [-0.2, 0) is 16.1 Å². The summed E-state index contributed by atoms with van der Waals surface area (Å²) in [6.07, 6.45) is 0.328. The molecule has 1 aliphatic heterocycles. The van der Waals surface area contributed by atoms with Crippen LogP contribution in [-0.4, -0.2) is 57.0 Å². The number of methoxy groups -OCH3 is 2. The number of benzene rings is 3. The van der Waals surface area contributed by atoms with Crippen molar-refractivity contribution in [2.75, 3.05) is 27.4 Å². The van der Waals surface area contributed by atoms with Crippen LogP contribution < -0.4 is 35.0 Å². The zero-order valence-corrected chi connectivity index (χ0v) is 28.5. The van der Waals surface area contributed by atoms with Crippen LogP contribution in [0.25, 0.3) is 0 Å². The number of hydrazone groups is 1. The Morgan fingerprint density at radius 2 is 1.91 bits per heavy atom. The van der Waals surface area contributed by atoms with Crippen molar-refractivity contribution >= 4 is 52.4 Å². The lowest BCUT2D eigenvalue weighted by atomic mass is 9.95. The number of allylic oxidation sites excluding steroid dienone is 1. The van der Waals surface area contributed by atoms with Gasteiger partial charge in [-0.05, 0) is 84.0 Å². The molecular formula is C32H34ClIN4O8. The predicted molar refractivity (Wildman–Crippen MR) is 180 cm³/mol. The third kappa shape index (κ3) is 8.95. The predicted octanol–water partition coefficient (Wildman–Crippen LogP) is 5.05. The molecule has 0 unspecified atom stereocenters. The number of carbonyl (C=O) groups is 2. The first-order chi connectivity index (χ1) is 22.1. The van der Waals surface area contributed by atoms with Crippen molar-refractivity contribution < 1.29 is 38.4 Å². The Balaban J connectivity index is 1.44. The summed E-state index contributed by atoms with van der Waals surface area (Å²) in [4.78, 5) is 24.7. The summed E-state index contributed by atoms with van der Waals surface area (Å²) in [6, 6.07) is 14.8. The molecule has 1 heterocycles. The summed E-state index contributed by atoms with van der Waals surface area (Å²) in [6.45, 7) is 3.84. The minimum atomic E-state index is -1.19. The third-order valence-electron chi connectivity index (χ3n) is 6.64. The Hall–Kier alpha value is -4.21. The van der Waals surface area contributed by atoms with Crippen LogP contribution in [0.2, 0.25) is 5.02 Å². The molecule has 0 radical (unpaired) electrons. The molecular weight excluding hydrogens is 731 g/mol. The Morgan fingerprint density at radius 1 is 1.11 bits per heavy atom. The fourth-order valence-electron chi connectivity index (χ4n) is 4.59. The quantitative estimate of drug-likeness (QED) is 0.0582. The summed E-state index contributed by atoms with van der Waals surface area (Å²) < 4.78 is 29.1. The van der Waals surface area contributed by atoms with E-state index in [-0.39, 0.29) is 18.8 Å². The number of nitrogens with one attached hydrogen (secondary N) is 3. The van der Waals surface area contributed by atoms with E-state index in [2.05, 4.69) is 43.8 Å². The number of urea groups is 1. The molecule has 0 aliphatic carbocycles. The first-order valence-electron chi connectivity index (χ1n) is 14.1. The van der Waals surface area contributed by atoms with Gasteiger partial charge in [-0.2, -0.15) is 5.10 Å². The van der Waals surface area contributed by atoms with E-state index in [1.54, 1.807) is 38.3 Å². The highest BCUT2D eigenvalue weighted by Gasteiger charge is 2.32. The molecule has 0 saturated carbocycles.